The van der Waals surface area contributed by atoms with Gasteiger partial charge in [-0.15, -0.1) is 0 Å². The second-order valence-electron chi connectivity index (χ2n) is 10.2. The van der Waals surface area contributed by atoms with Gasteiger partial charge in [-0.25, -0.2) is 8.42 Å². The van der Waals surface area contributed by atoms with Crippen molar-refractivity contribution in [1.82, 2.24) is 10.2 Å². The van der Waals surface area contributed by atoms with Gasteiger partial charge in [0.2, 0.25) is 11.8 Å². The number of hydrogen-bond acceptors (Lipinski definition) is 4. The van der Waals surface area contributed by atoms with Crippen LogP contribution in [0.2, 0.25) is 10.0 Å². The number of nitrogens with one attached hydrogen (secondary N) is 1. The first kappa shape index (κ1) is 31.5. The lowest BCUT2D eigenvalue weighted by atomic mass is 10.1. The van der Waals surface area contributed by atoms with Crippen molar-refractivity contribution in [2.45, 2.75) is 65.1 Å². The smallest absolute Gasteiger partial charge is 0.264 e. The maximum absolute atomic E-state index is 14.1. The third-order valence-corrected chi connectivity index (χ3v) is 8.99. The first-order chi connectivity index (χ1) is 18.7. The number of benzene rings is 3. The Morgan fingerprint density at radius 3 is 2.02 bits per heavy atom. The number of nitrogens with zero attached hydrogens (tertiary/aromatic N) is 2. The second kappa shape index (κ2) is 13.1. The molecule has 40 heavy (non-hydrogen) atoms. The van der Waals surface area contributed by atoms with Gasteiger partial charge in [0, 0.05) is 28.2 Å². The van der Waals surface area contributed by atoms with Crippen LogP contribution in [0.15, 0.2) is 65.6 Å². The van der Waals surface area contributed by atoms with E-state index in [0.717, 1.165) is 15.4 Å². The zero-order valence-electron chi connectivity index (χ0n) is 23.5. The van der Waals surface area contributed by atoms with E-state index in [1.54, 1.807) is 50.2 Å². The largest absolute Gasteiger partial charge is 0.352 e. The number of hydrogen-bond donors (Lipinski definition) is 1. The number of anilines is 1. The lowest BCUT2D eigenvalue weighted by Crippen LogP contribution is -2.52. The molecule has 1 N–H and O–H groups in total. The third kappa shape index (κ3) is 7.36. The molecule has 0 aliphatic carbocycles. The summed E-state index contributed by atoms with van der Waals surface area (Å²) in [6.07, 6.45) is 0. The van der Waals surface area contributed by atoms with Gasteiger partial charge >= 0.3 is 0 Å². The van der Waals surface area contributed by atoms with Gasteiger partial charge in [-0.1, -0.05) is 59.1 Å². The van der Waals surface area contributed by atoms with Crippen LogP contribution in [0.1, 0.15) is 43.0 Å². The van der Waals surface area contributed by atoms with Crippen molar-refractivity contribution in [3.8, 4) is 0 Å². The van der Waals surface area contributed by atoms with Crippen LogP contribution in [0, 0.1) is 20.8 Å². The van der Waals surface area contributed by atoms with Crippen LogP contribution in [0.4, 0.5) is 5.69 Å². The second-order valence-corrected chi connectivity index (χ2v) is 12.9. The Morgan fingerprint density at radius 1 is 0.875 bits per heavy atom. The maximum atomic E-state index is 14.1. The minimum atomic E-state index is -4.16. The summed E-state index contributed by atoms with van der Waals surface area (Å²) >= 11 is 12.8. The Morgan fingerprint density at radius 2 is 1.45 bits per heavy atom. The summed E-state index contributed by atoms with van der Waals surface area (Å²) in [7, 11) is -4.16. The van der Waals surface area contributed by atoms with Gasteiger partial charge in [0.25, 0.3) is 10.0 Å². The quantitative estimate of drug-likeness (QED) is 0.305. The fraction of sp³-hybridized carbons (Fsp3) is 0.333. The molecule has 0 fully saturated rings. The highest BCUT2D eigenvalue weighted by Gasteiger charge is 2.33. The molecule has 214 valence electrons. The highest BCUT2D eigenvalue weighted by Crippen LogP contribution is 2.30. The number of rotatable bonds is 10. The van der Waals surface area contributed by atoms with E-state index >= 15 is 0 Å². The fourth-order valence-corrected chi connectivity index (χ4v) is 6.17. The lowest BCUT2D eigenvalue weighted by molar-refractivity contribution is -0.139. The summed E-state index contributed by atoms with van der Waals surface area (Å²) in [5.41, 5.74) is 3.26. The van der Waals surface area contributed by atoms with Gasteiger partial charge in [-0.3, -0.25) is 13.9 Å². The van der Waals surface area contributed by atoms with Crippen molar-refractivity contribution < 1.29 is 18.0 Å². The van der Waals surface area contributed by atoms with Crippen LogP contribution in [0.5, 0.6) is 0 Å². The van der Waals surface area contributed by atoms with Gasteiger partial charge in [0.15, 0.2) is 0 Å². The van der Waals surface area contributed by atoms with Crippen LogP contribution in [0.25, 0.3) is 0 Å². The molecule has 2 amide bonds. The molecule has 0 saturated heterocycles. The molecule has 1 atom stereocenters. The van der Waals surface area contributed by atoms with Crippen molar-refractivity contribution in [1.29, 1.82) is 0 Å². The van der Waals surface area contributed by atoms with Crippen molar-refractivity contribution in [2.75, 3.05) is 10.8 Å². The van der Waals surface area contributed by atoms with E-state index in [2.05, 4.69) is 5.32 Å². The van der Waals surface area contributed by atoms with Gasteiger partial charge in [-0.2, -0.15) is 0 Å². The van der Waals surface area contributed by atoms with Crippen LogP contribution >= 0.6 is 23.2 Å². The number of carbonyl (C=O) groups is 2. The molecule has 0 spiro atoms. The standard InChI is InChI=1S/C30H35Cl2N3O4S/c1-19(2)33-30(37)23(6)34(17-25-26(31)8-7-9-27(25)32)29(36)18-35(28-16-21(4)10-13-22(28)5)40(38,39)24-14-11-20(3)12-15-24/h7-16,19,23H,17-18H2,1-6H3,(H,33,37). The van der Waals surface area contributed by atoms with Crippen LogP contribution in [-0.4, -0.2) is 43.8 Å². The molecule has 0 heterocycles. The summed E-state index contributed by atoms with van der Waals surface area (Å²) in [4.78, 5) is 28.5. The molecular formula is C30H35Cl2N3O4S. The summed E-state index contributed by atoms with van der Waals surface area (Å²) in [5.74, 6) is -0.967. The first-order valence-electron chi connectivity index (χ1n) is 12.9. The van der Waals surface area contributed by atoms with Crippen molar-refractivity contribution in [3.05, 3.63) is 93.0 Å². The van der Waals surface area contributed by atoms with E-state index in [4.69, 9.17) is 23.2 Å². The van der Waals surface area contributed by atoms with Gasteiger partial charge in [0.1, 0.15) is 12.6 Å². The minimum Gasteiger partial charge on any atom is -0.352 e. The summed E-state index contributed by atoms with van der Waals surface area (Å²) in [5, 5.41) is 3.49. The van der Waals surface area contributed by atoms with Gasteiger partial charge in [0.05, 0.1) is 10.6 Å². The van der Waals surface area contributed by atoms with Gasteiger partial charge in [-0.05, 0) is 83.0 Å². The minimum absolute atomic E-state index is 0.0538. The topological polar surface area (TPSA) is 86.8 Å². The normalized spacial score (nSPS) is 12.2. The average Bonchev–Trinajstić information content (AvgIpc) is 2.88. The highest BCUT2D eigenvalue weighted by atomic mass is 35.5. The summed E-state index contributed by atoms with van der Waals surface area (Å²) < 4.78 is 29.1. The molecule has 3 rings (SSSR count). The third-order valence-electron chi connectivity index (χ3n) is 6.51. The molecule has 0 aromatic heterocycles. The zero-order chi connectivity index (χ0) is 29.8. The molecule has 0 aliphatic heterocycles. The van der Waals surface area contributed by atoms with Crippen molar-refractivity contribution in [2.24, 2.45) is 0 Å². The highest BCUT2D eigenvalue weighted by molar-refractivity contribution is 7.92. The molecule has 1 unspecified atom stereocenters. The molecule has 7 nitrogen and oxygen atoms in total. The van der Waals surface area contributed by atoms with E-state index in [-0.39, 0.29) is 23.4 Å². The maximum Gasteiger partial charge on any atom is 0.264 e. The number of sulfonamides is 1. The van der Waals surface area contributed by atoms with E-state index in [9.17, 15) is 18.0 Å². The van der Waals surface area contributed by atoms with Gasteiger partial charge < -0.3 is 10.2 Å². The van der Waals surface area contributed by atoms with E-state index in [1.165, 1.54) is 17.0 Å². The van der Waals surface area contributed by atoms with Crippen LogP contribution < -0.4 is 9.62 Å². The van der Waals surface area contributed by atoms with Crippen molar-refractivity contribution in [3.63, 3.8) is 0 Å². The summed E-state index contributed by atoms with van der Waals surface area (Å²) in [6, 6.07) is 15.8. The Bertz CT molecular complexity index is 1470. The molecular weight excluding hydrogens is 569 g/mol. The Balaban J connectivity index is 2.11. The predicted molar refractivity (Wildman–Crippen MR) is 161 cm³/mol. The predicted octanol–water partition coefficient (Wildman–Crippen LogP) is 6.06. The molecule has 3 aromatic carbocycles. The van der Waals surface area contributed by atoms with E-state index in [0.29, 0.717) is 26.9 Å². The first-order valence-corrected chi connectivity index (χ1v) is 15.1. The Hall–Kier alpha value is -3.07. The molecule has 0 aliphatic rings. The molecule has 10 heteroatoms. The van der Waals surface area contributed by atoms with Crippen LogP contribution in [-0.2, 0) is 26.2 Å². The molecule has 0 saturated carbocycles. The van der Waals surface area contributed by atoms with Crippen molar-refractivity contribution >= 4 is 50.7 Å². The average molecular weight is 605 g/mol. The zero-order valence-corrected chi connectivity index (χ0v) is 25.9. The number of aryl methyl sites for hydroxylation is 3. The van der Waals surface area contributed by atoms with E-state index < -0.39 is 28.5 Å². The summed E-state index contributed by atoms with van der Waals surface area (Å²) in [6.45, 7) is 10.1. The number of amides is 2. The monoisotopic (exact) mass is 603 g/mol. The lowest BCUT2D eigenvalue weighted by Gasteiger charge is -2.33. The SMILES string of the molecule is Cc1ccc(S(=O)(=O)N(CC(=O)N(Cc2c(Cl)cccc2Cl)C(C)C(=O)NC(C)C)c2cc(C)ccc2C)cc1. The Kier molecular flexibility index (Phi) is 10.3. The molecule has 0 bridgehead atoms. The van der Waals surface area contributed by atoms with E-state index in [1.807, 2.05) is 39.8 Å². The fourth-order valence-electron chi connectivity index (χ4n) is 4.18. The molecule has 0 radical (unpaired) electrons. The molecule has 3 aromatic rings. The number of halogens is 2. The Labute approximate surface area is 247 Å². The van der Waals surface area contributed by atoms with Crippen LogP contribution in [0.3, 0.4) is 0 Å². The number of carbonyl (C=O) groups excluding carboxylic acids is 2.